The first-order valence-corrected chi connectivity index (χ1v) is 7.84. The van der Waals surface area contributed by atoms with E-state index in [1.807, 2.05) is 11.8 Å². The maximum atomic E-state index is 4.56. The Bertz CT molecular complexity index is 391. The molecule has 3 nitrogen and oxygen atoms in total. The molecule has 0 atom stereocenters. The van der Waals surface area contributed by atoms with E-state index >= 15 is 0 Å². The van der Waals surface area contributed by atoms with Gasteiger partial charge in [0.1, 0.15) is 0 Å². The van der Waals surface area contributed by atoms with Crippen molar-refractivity contribution in [3.63, 3.8) is 0 Å². The van der Waals surface area contributed by atoms with Gasteiger partial charge < -0.3 is 10.6 Å². The Morgan fingerprint density at radius 3 is 2.45 bits per heavy atom. The van der Waals surface area contributed by atoms with Crippen molar-refractivity contribution in [2.75, 3.05) is 18.8 Å². The van der Waals surface area contributed by atoms with Crippen LogP contribution in [0.2, 0.25) is 0 Å². The Morgan fingerprint density at radius 2 is 1.90 bits per heavy atom. The summed E-state index contributed by atoms with van der Waals surface area (Å²) in [6, 6.07) is 9.04. The van der Waals surface area contributed by atoms with Crippen LogP contribution in [0.3, 0.4) is 0 Å². The lowest BCUT2D eigenvalue weighted by atomic mass is 10.2. The Labute approximate surface area is 144 Å². The van der Waals surface area contributed by atoms with Gasteiger partial charge in [-0.25, -0.2) is 0 Å². The van der Waals surface area contributed by atoms with Gasteiger partial charge in [0, 0.05) is 23.2 Å². The summed E-state index contributed by atoms with van der Waals surface area (Å²) in [6.07, 6.45) is 0. The quantitative estimate of drug-likeness (QED) is 0.248. The molecule has 0 unspecified atom stereocenters. The van der Waals surface area contributed by atoms with Gasteiger partial charge in [0.15, 0.2) is 5.96 Å². The number of benzene rings is 1. The molecule has 0 amide bonds. The first kappa shape index (κ1) is 19.6. The lowest BCUT2D eigenvalue weighted by Gasteiger charge is -2.13. The van der Waals surface area contributed by atoms with Crippen molar-refractivity contribution in [1.29, 1.82) is 0 Å². The van der Waals surface area contributed by atoms with Crippen molar-refractivity contribution < 1.29 is 0 Å². The van der Waals surface area contributed by atoms with E-state index < -0.39 is 0 Å². The van der Waals surface area contributed by atoms with Crippen molar-refractivity contribution >= 4 is 41.7 Å². The molecule has 0 saturated carbocycles. The van der Waals surface area contributed by atoms with Gasteiger partial charge in [0.2, 0.25) is 0 Å². The molecule has 5 heteroatoms. The molecule has 2 N–H and O–H groups in total. The molecule has 20 heavy (non-hydrogen) atoms. The molecule has 0 aliphatic heterocycles. The van der Waals surface area contributed by atoms with E-state index in [-0.39, 0.29) is 24.0 Å². The highest BCUT2D eigenvalue weighted by Crippen LogP contribution is 2.17. The highest BCUT2D eigenvalue weighted by Gasteiger charge is 1.99. The number of guanidine groups is 1. The van der Waals surface area contributed by atoms with Gasteiger partial charge in [-0.05, 0) is 39.8 Å². The Morgan fingerprint density at radius 1 is 1.25 bits per heavy atom. The SMILES string of the molecule is CCNC(=NCCSc1ccc(C)cc1)NC(C)C.I. The molecular formula is C15H26IN3S. The van der Waals surface area contributed by atoms with Gasteiger partial charge in [-0.1, -0.05) is 17.7 Å². The van der Waals surface area contributed by atoms with Crippen LogP contribution in [0.1, 0.15) is 26.3 Å². The van der Waals surface area contributed by atoms with E-state index in [4.69, 9.17) is 0 Å². The Kier molecular flexibility index (Phi) is 11.0. The number of nitrogens with one attached hydrogen (secondary N) is 2. The maximum Gasteiger partial charge on any atom is 0.191 e. The van der Waals surface area contributed by atoms with Crippen LogP contribution in [0.5, 0.6) is 0 Å². The second-order valence-corrected chi connectivity index (χ2v) is 5.89. The minimum Gasteiger partial charge on any atom is -0.357 e. The van der Waals surface area contributed by atoms with Crippen LogP contribution < -0.4 is 10.6 Å². The Hall–Kier alpha value is -0.430. The molecular weight excluding hydrogens is 381 g/mol. The van der Waals surface area contributed by atoms with Crippen molar-refractivity contribution in [2.24, 2.45) is 4.99 Å². The molecule has 0 aliphatic carbocycles. The largest absolute Gasteiger partial charge is 0.357 e. The van der Waals surface area contributed by atoms with E-state index in [0.717, 1.165) is 24.8 Å². The van der Waals surface area contributed by atoms with E-state index in [2.05, 4.69) is 67.6 Å². The van der Waals surface area contributed by atoms with Crippen molar-refractivity contribution in [3.8, 4) is 0 Å². The summed E-state index contributed by atoms with van der Waals surface area (Å²) in [7, 11) is 0. The number of aryl methyl sites for hydroxylation is 1. The zero-order valence-electron chi connectivity index (χ0n) is 12.8. The number of hydrogen-bond acceptors (Lipinski definition) is 2. The van der Waals surface area contributed by atoms with Gasteiger partial charge in [0.25, 0.3) is 0 Å². The molecule has 0 bridgehead atoms. The van der Waals surface area contributed by atoms with Crippen LogP contribution in [0.15, 0.2) is 34.2 Å². The second kappa shape index (κ2) is 11.3. The van der Waals surface area contributed by atoms with Gasteiger partial charge in [-0.3, -0.25) is 4.99 Å². The topological polar surface area (TPSA) is 36.4 Å². The number of hydrogen-bond donors (Lipinski definition) is 2. The zero-order chi connectivity index (χ0) is 14.1. The summed E-state index contributed by atoms with van der Waals surface area (Å²) >= 11 is 1.85. The first-order valence-electron chi connectivity index (χ1n) is 6.86. The first-order chi connectivity index (χ1) is 9.11. The van der Waals surface area contributed by atoms with Crippen LogP contribution in [0.4, 0.5) is 0 Å². The number of rotatable bonds is 6. The molecule has 0 aromatic heterocycles. The standard InChI is InChI=1S/C15H25N3S.HI/c1-5-16-15(18-12(2)3)17-10-11-19-14-8-6-13(4)7-9-14;/h6-9,12H,5,10-11H2,1-4H3,(H2,16,17,18);1H. The summed E-state index contributed by atoms with van der Waals surface area (Å²) < 4.78 is 0. The average Bonchev–Trinajstić information content (AvgIpc) is 2.36. The third kappa shape index (κ3) is 8.68. The zero-order valence-corrected chi connectivity index (χ0v) is 15.9. The predicted octanol–water partition coefficient (Wildman–Crippen LogP) is 3.67. The molecule has 0 fully saturated rings. The highest BCUT2D eigenvalue weighted by molar-refractivity contribution is 14.0. The Balaban J connectivity index is 0.00000361. The van der Waals surface area contributed by atoms with E-state index in [9.17, 15) is 0 Å². The van der Waals surface area contributed by atoms with Crippen LogP contribution in [-0.4, -0.2) is 30.8 Å². The van der Waals surface area contributed by atoms with Crippen LogP contribution >= 0.6 is 35.7 Å². The molecule has 1 aromatic rings. The fourth-order valence-electron chi connectivity index (χ4n) is 1.55. The minimum atomic E-state index is 0. The van der Waals surface area contributed by atoms with Gasteiger partial charge in [-0.15, -0.1) is 35.7 Å². The van der Waals surface area contributed by atoms with Crippen LogP contribution in [0, 0.1) is 6.92 Å². The molecule has 0 spiro atoms. The molecule has 1 aromatic carbocycles. The van der Waals surface area contributed by atoms with Gasteiger partial charge in [0.05, 0.1) is 6.54 Å². The molecule has 0 heterocycles. The van der Waals surface area contributed by atoms with Gasteiger partial charge >= 0.3 is 0 Å². The third-order valence-electron chi connectivity index (χ3n) is 2.42. The van der Waals surface area contributed by atoms with E-state index in [1.54, 1.807) is 0 Å². The third-order valence-corrected chi connectivity index (χ3v) is 3.41. The molecule has 0 aliphatic rings. The summed E-state index contributed by atoms with van der Waals surface area (Å²) in [5, 5.41) is 6.57. The average molecular weight is 407 g/mol. The van der Waals surface area contributed by atoms with Crippen LogP contribution in [0.25, 0.3) is 0 Å². The monoisotopic (exact) mass is 407 g/mol. The highest BCUT2D eigenvalue weighted by atomic mass is 127. The molecule has 1 rings (SSSR count). The summed E-state index contributed by atoms with van der Waals surface area (Å²) in [4.78, 5) is 5.87. The lowest BCUT2D eigenvalue weighted by Crippen LogP contribution is -2.41. The normalized spacial score (nSPS) is 11.2. The molecule has 0 saturated heterocycles. The summed E-state index contributed by atoms with van der Waals surface area (Å²) in [6.45, 7) is 10.1. The molecule has 0 radical (unpaired) electrons. The fourth-order valence-corrected chi connectivity index (χ4v) is 2.30. The molecule has 114 valence electrons. The van der Waals surface area contributed by atoms with Crippen molar-refractivity contribution in [3.05, 3.63) is 29.8 Å². The van der Waals surface area contributed by atoms with E-state index in [0.29, 0.717) is 6.04 Å². The van der Waals surface area contributed by atoms with Gasteiger partial charge in [-0.2, -0.15) is 0 Å². The van der Waals surface area contributed by atoms with E-state index in [1.165, 1.54) is 10.5 Å². The number of halogens is 1. The van der Waals surface area contributed by atoms with Crippen LogP contribution in [-0.2, 0) is 0 Å². The van der Waals surface area contributed by atoms with Crippen molar-refractivity contribution in [1.82, 2.24) is 10.6 Å². The second-order valence-electron chi connectivity index (χ2n) is 4.72. The number of nitrogens with zero attached hydrogens (tertiary/aromatic N) is 1. The lowest BCUT2D eigenvalue weighted by molar-refractivity contribution is 0.702. The fraction of sp³-hybridized carbons (Fsp3) is 0.533. The number of aliphatic imine (C=N–C) groups is 1. The smallest absolute Gasteiger partial charge is 0.191 e. The predicted molar refractivity (Wildman–Crippen MR) is 102 cm³/mol. The maximum absolute atomic E-state index is 4.56. The minimum absolute atomic E-state index is 0. The summed E-state index contributed by atoms with van der Waals surface area (Å²) in [5.41, 5.74) is 1.30. The number of thioether (sulfide) groups is 1. The van der Waals surface area contributed by atoms with Crippen molar-refractivity contribution in [2.45, 2.75) is 38.6 Å². The summed E-state index contributed by atoms with van der Waals surface area (Å²) in [5.74, 6) is 1.90.